The Morgan fingerprint density at radius 3 is 2.65 bits per heavy atom. The lowest BCUT2D eigenvalue weighted by atomic mass is 9.80. The lowest BCUT2D eigenvalue weighted by Crippen LogP contribution is -2.14. The third-order valence-electron chi connectivity index (χ3n) is 4.70. The van der Waals surface area contributed by atoms with Gasteiger partial charge in [0.2, 0.25) is 0 Å². The van der Waals surface area contributed by atoms with Crippen molar-refractivity contribution in [3.05, 3.63) is 48.0 Å². The molecule has 0 aliphatic heterocycles. The average Bonchev–Trinajstić information content (AvgIpc) is 2.80. The molecule has 102 valence electrons. The topological polar surface area (TPSA) is 36.0 Å². The Balaban J connectivity index is 1.74. The number of H-pyrrole nitrogens is 1. The standard InChI is InChI=1S/C18H19NO/c20-18(10-12-4-3-5-12)13-8-9-17-15(11-13)14-6-1-2-7-16(14)19-17/h1-2,6-9,11-12,18-20H,3-5,10H2. The van der Waals surface area contributed by atoms with Gasteiger partial charge in [0, 0.05) is 21.8 Å². The highest BCUT2D eigenvalue weighted by Gasteiger charge is 2.22. The Morgan fingerprint density at radius 2 is 1.85 bits per heavy atom. The van der Waals surface area contributed by atoms with Crippen molar-refractivity contribution in [2.24, 2.45) is 5.92 Å². The quantitative estimate of drug-likeness (QED) is 0.716. The van der Waals surface area contributed by atoms with Crippen LogP contribution < -0.4 is 0 Å². The number of benzene rings is 2. The minimum Gasteiger partial charge on any atom is -0.388 e. The van der Waals surface area contributed by atoms with E-state index in [0.29, 0.717) is 0 Å². The molecule has 20 heavy (non-hydrogen) atoms. The minimum atomic E-state index is -0.321. The van der Waals surface area contributed by atoms with Crippen LogP contribution in [0.4, 0.5) is 0 Å². The van der Waals surface area contributed by atoms with Gasteiger partial charge in [-0.1, -0.05) is 43.5 Å². The molecule has 2 N–H and O–H groups in total. The molecule has 1 aliphatic rings. The third kappa shape index (κ3) is 1.92. The summed E-state index contributed by atoms with van der Waals surface area (Å²) in [5.74, 6) is 0.726. The van der Waals surface area contributed by atoms with E-state index in [1.807, 2.05) is 6.07 Å². The molecule has 0 amide bonds. The average molecular weight is 265 g/mol. The molecular weight excluding hydrogens is 246 g/mol. The minimum absolute atomic E-state index is 0.321. The molecule has 1 saturated carbocycles. The Hall–Kier alpha value is -1.80. The number of aromatic amines is 1. The molecule has 1 heterocycles. The monoisotopic (exact) mass is 265 g/mol. The maximum Gasteiger partial charge on any atom is 0.0792 e. The van der Waals surface area contributed by atoms with Gasteiger partial charge in [-0.3, -0.25) is 0 Å². The Morgan fingerprint density at radius 1 is 1.05 bits per heavy atom. The first-order valence-electron chi connectivity index (χ1n) is 7.50. The molecule has 2 nitrogen and oxygen atoms in total. The van der Waals surface area contributed by atoms with Crippen LogP contribution in [0.5, 0.6) is 0 Å². The van der Waals surface area contributed by atoms with Gasteiger partial charge in [0.15, 0.2) is 0 Å². The van der Waals surface area contributed by atoms with Crippen molar-refractivity contribution >= 4 is 21.8 Å². The number of nitrogens with one attached hydrogen (secondary N) is 1. The largest absolute Gasteiger partial charge is 0.388 e. The lowest BCUT2D eigenvalue weighted by Gasteiger charge is -2.27. The normalized spacial score (nSPS) is 17.4. The van der Waals surface area contributed by atoms with Crippen LogP contribution >= 0.6 is 0 Å². The number of aromatic nitrogens is 1. The van der Waals surface area contributed by atoms with Crippen molar-refractivity contribution in [2.45, 2.75) is 31.8 Å². The molecule has 4 rings (SSSR count). The molecule has 0 bridgehead atoms. The van der Waals surface area contributed by atoms with Gasteiger partial charge in [-0.2, -0.15) is 0 Å². The summed E-state index contributed by atoms with van der Waals surface area (Å²) in [5.41, 5.74) is 3.35. The van der Waals surface area contributed by atoms with Gasteiger partial charge in [-0.25, -0.2) is 0 Å². The number of aliphatic hydroxyl groups excluding tert-OH is 1. The fourth-order valence-electron chi connectivity index (χ4n) is 3.25. The van der Waals surface area contributed by atoms with Crippen LogP contribution in [0.25, 0.3) is 21.8 Å². The van der Waals surface area contributed by atoms with Gasteiger partial charge in [0.25, 0.3) is 0 Å². The Bertz CT molecular complexity index is 754. The zero-order valence-electron chi connectivity index (χ0n) is 11.5. The van der Waals surface area contributed by atoms with Crippen molar-refractivity contribution < 1.29 is 5.11 Å². The van der Waals surface area contributed by atoms with Crippen molar-refractivity contribution in [1.29, 1.82) is 0 Å². The van der Waals surface area contributed by atoms with Crippen LogP contribution in [0.2, 0.25) is 0 Å². The summed E-state index contributed by atoms with van der Waals surface area (Å²) in [5, 5.41) is 12.9. The summed E-state index contributed by atoms with van der Waals surface area (Å²) in [6.45, 7) is 0. The zero-order chi connectivity index (χ0) is 13.5. The van der Waals surface area contributed by atoms with Crippen LogP contribution in [0.1, 0.15) is 37.4 Å². The van der Waals surface area contributed by atoms with Gasteiger partial charge in [0.05, 0.1) is 6.10 Å². The second kappa shape index (κ2) is 4.64. The first-order valence-corrected chi connectivity index (χ1v) is 7.50. The highest BCUT2D eigenvalue weighted by atomic mass is 16.3. The number of para-hydroxylation sites is 1. The molecular formula is C18H19NO. The van der Waals surface area contributed by atoms with Crippen LogP contribution in [-0.4, -0.2) is 10.1 Å². The fourth-order valence-corrected chi connectivity index (χ4v) is 3.25. The molecule has 1 aromatic heterocycles. The van der Waals surface area contributed by atoms with Crippen LogP contribution in [0, 0.1) is 5.92 Å². The molecule has 3 aromatic rings. The highest BCUT2D eigenvalue weighted by molar-refractivity contribution is 6.07. The summed E-state index contributed by atoms with van der Waals surface area (Å²) in [7, 11) is 0. The third-order valence-corrected chi connectivity index (χ3v) is 4.70. The van der Waals surface area contributed by atoms with E-state index in [9.17, 15) is 5.11 Å². The van der Waals surface area contributed by atoms with E-state index in [1.165, 1.54) is 30.0 Å². The maximum atomic E-state index is 10.4. The number of rotatable bonds is 3. The predicted octanol–water partition coefficient (Wildman–Crippen LogP) is 4.54. The molecule has 1 atom stereocenters. The summed E-state index contributed by atoms with van der Waals surface area (Å²) < 4.78 is 0. The van der Waals surface area contributed by atoms with E-state index >= 15 is 0 Å². The van der Waals surface area contributed by atoms with E-state index < -0.39 is 0 Å². The second-order valence-corrected chi connectivity index (χ2v) is 6.02. The maximum absolute atomic E-state index is 10.4. The molecule has 1 aliphatic carbocycles. The zero-order valence-corrected chi connectivity index (χ0v) is 11.5. The number of fused-ring (bicyclic) bond motifs is 3. The Kier molecular flexibility index (Phi) is 2.78. The van der Waals surface area contributed by atoms with Gasteiger partial charge in [-0.05, 0) is 36.1 Å². The first-order chi connectivity index (χ1) is 9.81. The van der Waals surface area contributed by atoms with E-state index in [-0.39, 0.29) is 6.10 Å². The van der Waals surface area contributed by atoms with Crippen molar-refractivity contribution in [3.63, 3.8) is 0 Å². The van der Waals surface area contributed by atoms with Crippen LogP contribution in [0.15, 0.2) is 42.5 Å². The van der Waals surface area contributed by atoms with Gasteiger partial charge >= 0.3 is 0 Å². The van der Waals surface area contributed by atoms with E-state index in [0.717, 1.165) is 28.9 Å². The number of aliphatic hydroxyl groups is 1. The lowest BCUT2D eigenvalue weighted by molar-refractivity contribution is 0.118. The molecule has 2 aromatic carbocycles. The SMILES string of the molecule is OC(CC1CCC1)c1ccc2[nH]c3ccccc3c2c1. The van der Waals surface area contributed by atoms with E-state index in [2.05, 4.69) is 41.4 Å². The van der Waals surface area contributed by atoms with Crippen molar-refractivity contribution in [1.82, 2.24) is 4.98 Å². The number of hydrogen-bond acceptors (Lipinski definition) is 1. The molecule has 1 unspecified atom stereocenters. The summed E-state index contributed by atoms with van der Waals surface area (Å²) in [6.07, 6.45) is 4.49. The second-order valence-electron chi connectivity index (χ2n) is 6.02. The van der Waals surface area contributed by atoms with E-state index in [4.69, 9.17) is 0 Å². The van der Waals surface area contributed by atoms with Crippen LogP contribution in [0.3, 0.4) is 0 Å². The van der Waals surface area contributed by atoms with Crippen LogP contribution in [-0.2, 0) is 0 Å². The smallest absolute Gasteiger partial charge is 0.0792 e. The van der Waals surface area contributed by atoms with Crippen molar-refractivity contribution in [3.8, 4) is 0 Å². The van der Waals surface area contributed by atoms with Gasteiger partial charge in [-0.15, -0.1) is 0 Å². The van der Waals surface area contributed by atoms with Gasteiger partial charge < -0.3 is 10.1 Å². The summed E-state index contributed by atoms with van der Waals surface area (Å²) >= 11 is 0. The first kappa shape index (κ1) is 12.0. The van der Waals surface area contributed by atoms with E-state index in [1.54, 1.807) is 0 Å². The Labute approximate surface area is 118 Å². The van der Waals surface area contributed by atoms with Crippen molar-refractivity contribution in [2.75, 3.05) is 0 Å². The van der Waals surface area contributed by atoms with Gasteiger partial charge in [0.1, 0.15) is 0 Å². The molecule has 0 radical (unpaired) electrons. The molecule has 0 spiro atoms. The fraction of sp³-hybridized carbons (Fsp3) is 0.333. The molecule has 2 heteroatoms. The summed E-state index contributed by atoms with van der Waals surface area (Å²) in [6, 6.07) is 14.6. The number of hydrogen-bond donors (Lipinski definition) is 2. The highest BCUT2D eigenvalue weighted by Crippen LogP contribution is 2.36. The molecule has 0 saturated heterocycles. The predicted molar refractivity (Wildman–Crippen MR) is 82.7 cm³/mol. The summed E-state index contributed by atoms with van der Waals surface area (Å²) in [4.78, 5) is 3.43. The molecule has 1 fully saturated rings.